The van der Waals surface area contributed by atoms with Crippen molar-refractivity contribution < 1.29 is 22.7 Å². The number of amides is 1. The van der Waals surface area contributed by atoms with Crippen molar-refractivity contribution in [1.29, 1.82) is 0 Å². The second kappa shape index (κ2) is 9.85. The van der Waals surface area contributed by atoms with Crippen molar-refractivity contribution in [3.8, 4) is 11.6 Å². The van der Waals surface area contributed by atoms with E-state index in [1.807, 2.05) is 18.2 Å². The van der Waals surface area contributed by atoms with Gasteiger partial charge >= 0.3 is 6.18 Å². The van der Waals surface area contributed by atoms with Crippen molar-refractivity contribution in [3.05, 3.63) is 83.8 Å². The van der Waals surface area contributed by atoms with E-state index in [-0.39, 0.29) is 17.7 Å². The number of carbonyl (C=O) groups excluding carboxylic acids is 1. The summed E-state index contributed by atoms with van der Waals surface area (Å²) in [7, 11) is 0. The van der Waals surface area contributed by atoms with Crippen molar-refractivity contribution in [2.45, 2.75) is 31.9 Å². The monoisotopic (exact) mass is 453 g/mol. The fraction of sp³-hybridized carbons (Fsp3) is 0.240. The molecule has 1 atom stereocenters. The van der Waals surface area contributed by atoms with Gasteiger partial charge in [0.25, 0.3) is 0 Å². The summed E-state index contributed by atoms with van der Waals surface area (Å²) in [5, 5.41) is 2.92. The molecule has 2 aromatic heterocycles. The van der Waals surface area contributed by atoms with Crippen LogP contribution in [0.5, 0.6) is 11.6 Å². The number of benzene rings is 1. The number of hydrogen-bond donors (Lipinski definition) is 1. The van der Waals surface area contributed by atoms with Crippen molar-refractivity contribution in [2.75, 3.05) is 5.32 Å². The summed E-state index contributed by atoms with van der Waals surface area (Å²) in [5.74, 6) is 0.427. The van der Waals surface area contributed by atoms with Crippen molar-refractivity contribution in [3.63, 3.8) is 0 Å². The Bertz CT molecular complexity index is 1130. The lowest BCUT2D eigenvalue weighted by Crippen LogP contribution is -2.25. The van der Waals surface area contributed by atoms with Gasteiger partial charge in [-0.05, 0) is 61.6 Å². The van der Waals surface area contributed by atoms with Crippen molar-refractivity contribution in [1.82, 2.24) is 9.97 Å². The molecule has 33 heavy (non-hydrogen) atoms. The molecule has 1 aliphatic carbocycles. The average molecular weight is 453 g/mol. The number of carbonyl (C=O) groups is 1. The molecule has 1 saturated carbocycles. The molecule has 0 spiro atoms. The van der Waals surface area contributed by atoms with Gasteiger partial charge in [0.15, 0.2) is 0 Å². The summed E-state index contributed by atoms with van der Waals surface area (Å²) in [6.07, 6.45) is 4.94. The Morgan fingerprint density at radius 3 is 2.73 bits per heavy atom. The Balaban J connectivity index is 1.41. The summed E-state index contributed by atoms with van der Waals surface area (Å²) in [6, 6.07) is 12.9. The molecule has 0 radical (unpaired) electrons. The van der Waals surface area contributed by atoms with Gasteiger partial charge in [0.2, 0.25) is 11.8 Å². The van der Waals surface area contributed by atoms with Crippen LogP contribution in [0.15, 0.2) is 72.7 Å². The van der Waals surface area contributed by atoms with Gasteiger partial charge in [0, 0.05) is 24.4 Å². The van der Waals surface area contributed by atoms with Gasteiger partial charge in [-0.25, -0.2) is 4.98 Å². The normalized spacial score (nSPS) is 17.5. The topological polar surface area (TPSA) is 64.1 Å². The second-order valence-corrected chi connectivity index (χ2v) is 7.88. The summed E-state index contributed by atoms with van der Waals surface area (Å²) in [5.41, 5.74) is 1.91. The standard InChI is InChI=1S/C25H22F3N3O2/c26-25(27,28)20-9-10-23(30-15-20)33-22-8-2-5-18(14-22)12-17-4-1-6-19(13-17)24(32)31-21-7-3-11-29-16-21/h2-3,5,7-12,14-16,19H,1,4,6,13H2,(H,31,32)/b17-12+. The van der Waals surface area contributed by atoms with Crippen molar-refractivity contribution >= 4 is 17.7 Å². The smallest absolute Gasteiger partial charge is 0.417 e. The highest BCUT2D eigenvalue weighted by Crippen LogP contribution is 2.32. The summed E-state index contributed by atoms with van der Waals surface area (Å²) >= 11 is 0. The first-order valence-corrected chi connectivity index (χ1v) is 10.6. The number of halogens is 3. The Labute approximate surface area is 189 Å². The maximum Gasteiger partial charge on any atom is 0.417 e. The van der Waals surface area contributed by atoms with Gasteiger partial charge < -0.3 is 10.1 Å². The molecule has 1 fully saturated rings. The fourth-order valence-corrected chi connectivity index (χ4v) is 3.76. The highest BCUT2D eigenvalue weighted by Gasteiger charge is 2.30. The molecule has 170 valence electrons. The molecule has 0 saturated heterocycles. The number of pyridine rings is 2. The summed E-state index contributed by atoms with van der Waals surface area (Å²) in [4.78, 5) is 20.4. The van der Waals surface area contributed by atoms with Crippen LogP contribution in [0.4, 0.5) is 18.9 Å². The van der Waals surface area contributed by atoms with E-state index in [1.165, 1.54) is 6.07 Å². The van der Waals surface area contributed by atoms with Gasteiger partial charge in [-0.3, -0.25) is 9.78 Å². The minimum absolute atomic E-state index is 0.0148. The number of nitrogens with one attached hydrogen (secondary N) is 1. The third-order valence-corrected chi connectivity index (χ3v) is 5.37. The third kappa shape index (κ3) is 6.19. The highest BCUT2D eigenvalue weighted by atomic mass is 19.4. The maximum atomic E-state index is 12.7. The van der Waals surface area contributed by atoms with Crippen LogP contribution in [-0.4, -0.2) is 15.9 Å². The van der Waals surface area contributed by atoms with Crippen LogP contribution >= 0.6 is 0 Å². The molecule has 2 heterocycles. The van der Waals surface area contributed by atoms with E-state index in [0.717, 1.165) is 42.7 Å². The molecule has 0 aliphatic heterocycles. The van der Waals surface area contributed by atoms with Crippen LogP contribution < -0.4 is 10.1 Å². The molecule has 1 unspecified atom stereocenters. The number of alkyl halides is 3. The molecule has 1 aliphatic rings. The van der Waals surface area contributed by atoms with E-state index in [4.69, 9.17) is 4.74 Å². The third-order valence-electron chi connectivity index (χ3n) is 5.37. The van der Waals surface area contributed by atoms with Crippen LogP contribution in [0.3, 0.4) is 0 Å². The second-order valence-electron chi connectivity index (χ2n) is 7.88. The number of hydrogen-bond acceptors (Lipinski definition) is 4. The largest absolute Gasteiger partial charge is 0.439 e. The summed E-state index contributed by atoms with van der Waals surface area (Å²) < 4.78 is 43.7. The predicted molar refractivity (Wildman–Crippen MR) is 119 cm³/mol. The average Bonchev–Trinajstić information content (AvgIpc) is 2.80. The molecule has 8 heteroatoms. The van der Waals surface area contributed by atoms with Crippen LogP contribution in [-0.2, 0) is 11.0 Å². The minimum atomic E-state index is -4.44. The molecule has 4 rings (SSSR count). The zero-order valence-electron chi connectivity index (χ0n) is 17.7. The SMILES string of the molecule is O=C(Nc1cccnc1)C1CCC/C(=C\c2cccc(Oc3ccc(C(F)(F)F)cn3)c2)C1. The Morgan fingerprint density at radius 2 is 2.00 bits per heavy atom. The van der Waals surface area contributed by atoms with Crippen molar-refractivity contribution in [2.24, 2.45) is 5.92 Å². The van der Waals surface area contributed by atoms with Gasteiger partial charge in [0.1, 0.15) is 5.75 Å². The maximum absolute atomic E-state index is 12.7. The predicted octanol–water partition coefficient (Wildman–Crippen LogP) is 6.50. The Kier molecular flexibility index (Phi) is 6.72. The number of nitrogens with zero attached hydrogens (tertiary/aromatic N) is 2. The lowest BCUT2D eigenvalue weighted by Gasteiger charge is -2.23. The van der Waals surface area contributed by atoms with Crippen LogP contribution in [0.1, 0.15) is 36.8 Å². The van der Waals surface area contributed by atoms with Gasteiger partial charge in [-0.1, -0.05) is 23.8 Å². The molecular formula is C25H22F3N3O2. The summed E-state index contributed by atoms with van der Waals surface area (Å²) in [6.45, 7) is 0. The first-order chi connectivity index (χ1) is 15.9. The van der Waals surface area contributed by atoms with Gasteiger partial charge in [-0.15, -0.1) is 0 Å². The molecular weight excluding hydrogens is 431 g/mol. The minimum Gasteiger partial charge on any atom is -0.439 e. The van der Waals surface area contributed by atoms with E-state index in [0.29, 0.717) is 17.9 Å². The van der Waals surface area contributed by atoms with E-state index in [2.05, 4.69) is 15.3 Å². The fourth-order valence-electron chi connectivity index (χ4n) is 3.76. The number of rotatable bonds is 5. The van der Waals surface area contributed by atoms with Crippen LogP contribution in [0.2, 0.25) is 0 Å². The first-order valence-electron chi connectivity index (χ1n) is 10.6. The quantitative estimate of drug-likeness (QED) is 0.479. The Hall–Kier alpha value is -3.68. The molecule has 1 amide bonds. The molecule has 5 nitrogen and oxygen atoms in total. The molecule has 1 N–H and O–H groups in total. The van der Waals surface area contributed by atoms with E-state index in [9.17, 15) is 18.0 Å². The lowest BCUT2D eigenvalue weighted by molar-refractivity contribution is -0.137. The van der Waals surface area contributed by atoms with E-state index in [1.54, 1.807) is 36.7 Å². The number of anilines is 1. The van der Waals surface area contributed by atoms with E-state index >= 15 is 0 Å². The van der Waals surface area contributed by atoms with Crippen LogP contribution in [0.25, 0.3) is 6.08 Å². The number of allylic oxidation sites excluding steroid dienone is 1. The zero-order chi connectivity index (χ0) is 23.3. The lowest BCUT2D eigenvalue weighted by atomic mass is 9.84. The van der Waals surface area contributed by atoms with Gasteiger partial charge in [0.05, 0.1) is 17.4 Å². The van der Waals surface area contributed by atoms with E-state index < -0.39 is 11.7 Å². The molecule has 3 aromatic rings. The van der Waals surface area contributed by atoms with Crippen LogP contribution in [0, 0.1) is 5.92 Å². The number of aromatic nitrogens is 2. The zero-order valence-corrected chi connectivity index (χ0v) is 17.7. The number of ether oxygens (including phenoxy) is 1. The highest BCUT2D eigenvalue weighted by molar-refractivity contribution is 5.92. The first kappa shape index (κ1) is 22.5. The Morgan fingerprint density at radius 1 is 1.12 bits per heavy atom. The molecule has 0 bridgehead atoms. The van der Waals surface area contributed by atoms with Gasteiger partial charge in [-0.2, -0.15) is 13.2 Å². The molecule has 1 aromatic carbocycles.